The summed E-state index contributed by atoms with van der Waals surface area (Å²) in [5.74, 6) is 0.549. The van der Waals surface area contributed by atoms with Crippen molar-refractivity contribution in [3.63, 3.8) is 0 Å². The Morgan fingerprint density at radius 3 is 2.31 bits per heavy atom. The van der Waals surface area contributed by atoms with E-state index in [1.165, 1.54) is 11.6 Å². The van der Waals surface area contributed by atoms with Crippen molar-refractivity contribution in [3.8, 4) is 0 Å². The van der Waals surface area contributed by atoms with Crippen LogP contribution in [0, 0.1) is 22.7 Å². The molecule has 17 atom stereocenters. The molecule has 0 amide bonds. The van der Waals surface area contributed by atoms with Gasteiger partial charge in [0.25, 0.3) is 0 Å². The van der Waals surface area contributed by atoms with Crippen LogP contribution in [0.1, 0.15) is 83.6 Å². The number of ether oxygens (including phenoxy) is 4. The molecular weight excluding hydrogens is 640 g/mol. The van der Waals surface area contributed by atoms with E-state index in [0.29, 0.717) is 18.8 Å². The van der Waals surface area contributed by atoms with Crippen LogP contribution in [0.5, 0.6) is 0 Å². The number of allylic oxidation sites excluding steroid dienone is 1. The molecule has 7 rings (SSSR count). The summed E-state index contributed by atoms with van der Waals surface area (Å²) >= 11 is 0. The molecule has 0 unspecified atom stereocenters. The minimum Gasteiger partial charge on any atom is -0.431 e. The van der Waals surface area contributed by atoms with Crippen LogP contribution in [0.3, 0.4) is 0 Å². The fourth-order valence-electron chi connectivity index (χ4n) is 10.7. The van der Waals surface area contributed by atoms with Gasteiger partial charge >= 0.3 is 5.63 Å². The van der Waals surface area contributed by atoms with Gasteiger partial charge in [-0.05, 0) is 93.1 Å². The SMILES string of the molecule is C[C@H]1O[C@@H](O[C@@H]2C=C3CC[C@H]4[C@@H](CC[C@]5(C)[C@H](c6ccc(=O)oc6)CC[C@]45O)[C@]3(C)CC2)[C@H](O)[C@@H](O[C@H]2O[C@@H](CO)[C@H](O)[C@@H](O)[C@@H]2O)[C@H]1O. The predicted octanol–water partition coefficient (Wildman–Crippen LogP) is 0.838. The maximum Gasteiger partial charge on any atom is 0.335 e. The number of rotatable bonds is 6. The fraction of sp³-hybridized carbons (Fsp3) is 0.806. The zero-order chi connectivity index (χ0) is 35.0. The van der Waals surface area contributed by atoms with Crippen LogP contribution in [-0.2, 0) is 18.9 Å². The average Bonchev–Trinajstić information content (AvgIpc) is 3.36. The highest BCUT2D eigenvalue weighted by molar-refractivity contribution is 5.31. The molecule has 5 fully saturated rings. The Labute approximate surface area is 285 Å². The van der Waals surface area contributed by atoms with Crippen molar-refractivity contribution in [1.29, 1.82) is 0 Å². The molecule has 13 heteroatoms. The number of aliphatic hydroxyl groups excluding tert-OH is 6. The van der Waals surface area contributed by atoms with Gasteiger partial charge in [0.1, 0.15) is 42.7 Å². The van der Waals surface area contributed by atoms with Crippen molar-refractivity contribution < 1.29 is 59.1 Å². The zero-order valence-corrected chi connectivity index (χ0v) is 28.3. The molecule has 1 aromatic heterocycles. The standard InChI is InChI=1S/C36H52O13/c1-17-26(39)31(49-32-29(42)28(41)27(40)24(15-37)48-32)30(43)33(46-17)47-20-8-11-34(2)19(14-20)5-6-23-22(34)9-12-35(3)21(10-13-36(23,35)44)18-4-7-25(38)45-16-18/h4,7,14,16-17,20-24,26-33,37,39-44H,5-6,8-13,15H2,1-3H3/t17-,20+,21+,22-,23+,24+,26+,27+,28-,29+,30-,31+,32-,33+,34-,35-,36+/m1/s1. The third-order valence-electron chi connectivity index (χ3n) is 13.6. The van der Waals surface area contributed by atoms with E-state index in [-0.39, 0.29) is 34.4 Å². The van der Waals surface area contributed by atoms with E-state index < -0.39 is 73.6 Å². The first-order chi connectivity index (χ1) is 23.2. The molecule has 3 saturated carbocycles. The van der Waals surface area contributed by atoms with Gasteiger partial charge in [-0.15, -0.1) is 0 Å². The van der Waals surface area contributed by atoms with E-state index in [9.17, 15) is 40.5 Å². The highest BCUT2D eigenvalue weighted by Gasteiger charge is 2.67. The lowest BCUT2D eigenvalue weighted by Gasteiger charge is -2.62. The molecule has 2 saturated heterocycles. The second-order valence-electron chi connectivity index (χ2n) is 15.9. The predicted molar refractivity (Wildman–Crippen MR) is 171 cm³/mol. The highest BCUT2D eigenvalue weighted by atomic mass is 16.7. The fourth-order valence-corrected chi connectivity index (χ4v) is 10.7. The summed E-state index contributed by atoms with van der Waals surface area (Å²) in [4.78, 5) is 11.6. The molecule has 274 valence electrons. The van der Waals surface area contributed by atoms with Crippen LogP contribution in [0.2, 0.25) is 0 Å². The van der Waals surface area contributed by atoms with Crippen molar-refractivity contribution in [3.05, 3.63) is 46.0 Å². The summed E-state index contributed by atoms with van der Waals surface area (Å²) in [6, 6.07) is 3.32. The number of fused-ring (bicyclic) bond motifs is 5. The summed E-state index contributed by atoms with van der Waals surface area (Å²) in [5, 5.41) is 75.1. The van der Waals surface area contributed by atoms with Crippen LogP contribution >= 0.6 is 0 Å². The Balaban J connectivity index is 1.05. The van der Waals surface area contributed by atoms with Gasteiger partial charge in [0.2, 0.25) is 0 Å². The monoisotopic (exact) mass is 692 g/mol. The van der Waals surface area contributed by atoms with Crippen molar-refractivity contribution in [1.82, 2.24) is 0 Å². The molecule has 0 radical (unpaired) electrons. The Hall–Kier alpha value is -1.75. The summed E-state index contributed by atoms with van der Waals surface area (Å²) in [6.07, 6.45) is -3.95. The van der Waals surface area contributed by atoms with Crippen molar-refractivity contribution in [2.75, 3.05) is 6.61 Å². The van der Waals surface area contributed by atoms with Crippen LogP contribution in [0.25, 0.3) is 0 Å². The van der Waals surface area contributed by atoms with Gasteiger partial charge in [0.15, 0.2) is 12.6 Å². The van der Waals surface area contributed by atoms with Crippen LogP contribution in [0.15, 0.2) is 39.3 Å². The van der Waals surface area contributed by atoms with Crippen LogP contribution in [0.4, 0.5) is 0 Å². The summed E-state index contributed by atoms with van der Waals surface area (Å²) in [7, 11) is 0. The molecule has 6 aliphatic rings. The molecule has 0 aromatic carbocycles. The van der Waals surface area contributed by atoms with Crippen LogP contribution in [-0.4, -0.2) is 115 Å². The van der Waals surface area contributed by atoms with E-state index in [2.05, 4.69) is 19.9 Å². The highest BCUT2D eigenvalue weighted by Crippen LogP contribution is 2.70. The molecule has 0 spiro atoms. The van der Waals surface area contributed by atoms with Crippen molar-refractivity contribution in [2.45, 2.75) is 151 Å². The summed E-state index contributed by atoms with van der Waals surface area (Å²) in [6.45, 7) is 5.49. The largest absolute Gasteiger partial charge is 0.431 e. The van der Waals surface area contributed by atoms with Gasteiger partial charge in [0, 0.05) is 11.5 Å². The lowest BCUT2D eigenvalue weighted by molar-refractivity contribution is -0.359. The van der Waals surface area contributed by atoms with Gasteiger partial charge in [-0.1, -0.05) is 25.5 Å². The molecule has 1 aromatic rings. The Kier molecular flexibility index (Phi) is 9.48. The Morgan fingerprint density at radius 1 is 0.837 bits per heavy atom. The zero-order valence-electron chi connectivity index (χ0n) is 28.3. The molecule has 3 heterocycles. The van der Waals surface area contributed by atoms with E-state index >= 15 is 0 Å². The first kappa shape index (κ1) is 35.6. The number of hydrogen-bond donors (Lipinski definition) is 7. The van der Waals surface area contributed by atoms with E-state index in [1.54, 1.807) is 13.2 Å². The molecule has 49 heavy (non-hydrogen) atoms. The maximum absolute atomic E-state index is 12.5. The van der Waals surface area contributed by atoms with Gasteiger partial charge in [-0.3, -0.25) is 0 Å². The van der Waals surface area contributed by atoms with E-state index in [0.717, 1.165) is 44.1 Å². The minimum atomic E-state index is -1.70. The molecular formula is C36H52O13. The smallest absolute Gasteiger partial charge is 0.335 e. The molecule has 7 N–H and O–H groups in total. The normalized spacial score (nSPS) is 51.3. The second-order valence-corrected chi connectivity index (χ2v) is 15.9. The van der Waals surface area contributed by atoms with E-state index in [4.69, 9.17) is 23.4 Å². The van der Waals surface area contributed by atoms with Crippen LogP contribution < -0.4 is 5.63 Å². The van der Waals surface area contributed by atoms with E-state index in [1.807, 2.05) is 6.07 Å². The number of hydrogen-bond acceptors (Lipinski definition) is 13. The van der Waals surface area contributed by atoms with Gasteiger partial charge in [0.05, 0.1) is 30.7 Å². The van der Waals surface area contributed by atoms with Gasteiger partial charge in [-0.25, -0.2) is 4.79 Å². The minimum absolute atomic E-state index is 0.119. The van der Waals surface area contributed by atoms with Gasteiger partial charge in [-0.2, -0.15) is 0 Å². The Bertz CT molecular complexity index is 1430. The molecule has 0 bridgehead atoms. The topological polar surface area (TPSA) is 209 Å². The summed E-state index contributed by atoms with van der Waals surface area (Å²) < 4.78 is 28.7. The third-order valence-corrected chi connectivity index (χ3v) is 13.6. The first-order valence-corrected chi connectivity index (χ1v) is 17.9. The molecule has 13 nitrogen and oxygen atoms in total. The molecule has 4 aliphatic carbocycles. The average molecular weight is 693 g/mol. The Morgan fingerprint density at radius 2 is 1.59 bits per heavy atom. The molecule has 2 aliphatic heterocycles. The lowest BCUT2D eigenvalue weighted by atomic mass is 9.45. The van der Waals surface area contributed by atoms with Crippen molar-refractivity contribution >= 4 is 0 Å². The second kappa shape index (κ2) is 13.0. The third kappa shape index (κ3) is 5.68. The first-order valence-electron chi connectivity index (χ1n) is 17.9. The van der Waals surface area contributed by atoms with Crippen molar-refractivity contribution in [2.24, 2.45) is 22.7 Å². The maximum atomic E-state index is 12.5. The van der Waals surface area contributed by atoms with Gasteiger partial charge < -0.3 is 59.1 Å². The quantitative estimate of drug-likeness (QED) is 0.207. The summed E-state index contributed by atoms with van der Waals surface area (Å²) in [5.41, 5.74) is 0.613. The lowest BCUT2D eigenvalue weighted by Crippen LogP contribution is -2.64. The number of aliphatic hydroxyl groups is 7.